The standard InChI is InChI=1S/C14H15NO3S3/c1-2-7-18-12(16)5-6-15-13(17)11(21-14(15)19)9-10-4-3-8-20-10/h3-4,8-9H,2,5-7H2,1H3/b11-9+. The van der Waals surface area contributed by atoms with Crippen LogP contribution in [0.2, 0.25) is 0 Å². The molecule has 0 saturated carbocycles. The van der Waals surface area contributed by atoms with Gasteiger partial charge in [0.2, 0.25) is 0 Å². The molecule has 0 radical (unpaired) electrons. The average Bonchev–Trinajstić information content (AvgIpc) is 3.05. The molecule has 0 spiro atoms. The van der Waals surface area contributed by atoms with Crippen molar-refractivity contribution < 1.29 is 14.3 Å². The number of nitrogens with zero attached hydrogens (tertiary/aromatic N) is 1. The summed E-state index contributed by atoms with van der Waals surface area (Å²) in [5.41, 5.74) is 0. The fraction of sp³-hybridized carbons (Fsp3) is 0.357. The number of hydrogen-bond donors (Lipinski definition) is 0. The van der Waals surface area contributed by atoms with Crippen LogP contribution in [0.4, 0.5) is 0 Å². The van der Waals surface area contributed by atoms with E-state index in [0.29, 0.717) is 15.8 Å². The summed E-state index contributed by atoms with van der Waals surface area (Å²) in [5, 5.41) is 1.95. The first-order chi connectivity index (χ1) is 10.1. The van der Waals surface area contributed by atoms with Crippen molar-refractivity contribution in [3.63, 3.8) is 0 Å². The van der Waals surface area contributed by atoms with Crippen molar-refractivity contribution in [1.82, 2.24) is 4.90 Å². The summed E-state index contributed by atoms with van der Waals surface area (Å²) in [6.07, 6.45) is 2.79. The predicted octanol–water partition coefficient (Wildman–Crippen LogP) is 3.29. The third-order valence-electron chi connectivity index (χ3n) is 2.70. The second-order valence-corrected chi connectivity index (χ2v) is 6.97. The van der Waals surface area contributed by atoms with Crippen LogP contribution in [0.15, 0.2) is 22.4 Å². The zero-order valence-corrected chi connectivity index (χ0v) is 14.0. The van der Waals surface area contributed by atoms with Gasteiger partial charge >= 0.3 is 5.97 Å². The van der Waals surface area contributed by atoms with Gasteiger partial charge < -0.3 is 4.74 Å². The minimum absolute atomic E-state index is 0.137. The molecular formula is C14H15NO3S3. The van der Waals surface area contributed by atoms with Gasteiger partial charge in [0.1, 0.15) is 4.32 Å². The molecule has 1 fully saturated rings. The van der Waals surface area contributed by atoms with Gasteiger partial charge in [-0.25, -0.2) is 0 Å². The molecule has 2 heterocycles. The Bertz CT molecular complexity index is 566. The van der Waals surface area contributed by atoms with Gasteiger partial charge in [0.05, 0.1) is 17.9 Å². The molecule has 1 amide bonds. The molecule has 1 aromatic rings. The lowest BCUT2D eigenvalue weighted by atomic mass is 10.3. The number of hydrogen-bond acceptors (Lipinski definition) is 6. The van der Waals surface area contributed by atoms with Gasteiger partial charge in [-0.3, -0.25) is 14.5 Å². The molecule has 4 nitrogen and oxygen atoms in total. The highest BCUT2D eigenvalue weighted by atomic mass is 32.2. The molecule has 0 aromatic carbocycles. The molecule has 21 heavy (non-hydrogen) atoms. The van der Waals surface area contributed by atoms with Crippen molar-refractivity contribution >= 4 is 57.6 Å². The highest BCUT2D eigenvalue weighted by Crippen LogP contribution is 2.33. The molecule has 0 unspecified atom stereocenters. The Labute approximate surface area is 137 Å². The monoisotopic (exact) mass is 341 g/mol. The molecule has 1 aromatic heterocycles. The lowest BCUT2D eigenvalue weighted by molar-refractivity contribution is -0.143. The number of carbonyl (C=O) groups is 2. The van der Waals surface area contributed by atoms with E-state index in [0.717, 1.165) is 11.3 Å². The summed E-state index contributed by atoms with van der Waals surface area (Å²) in [7, 11) is 0. The summed E-state index contributed by atoms with van der Waals surface area (Å²) < 4.78 is 5.49. The van der Waals surface area contributed by atoms with E-state index in [4.69, 9.17) is 17.0 Å². The fourth-order valence-electron chi connectivity index (χ4n) is 1.69. The Kier molecular flexibility index (Phi) is 5.96. The Morgan fingerprint density at radius 3 is 3.00 bits per heavy atom. The van der Waals surface area contributed by atoms with E-state index < -0.39 is 0 Å². The lowest BCUT2D eigenvalue weighted by Crippen LogP contribution is -2.30. The number of amides is 1. The van der Waals surface area contributed by atoms with Crippen LogP contribution in [0.3, 0.4) is 0 Å². The molecule has 0 N–H and O–H groups in total. The van der Waals surface area contributed by atoms with Crippen LogP contribution in [0.25, 0.3) is 6.08 Å². The molecule has 0 atom stereocenters. The van der Waals surface area contributed by atoms with Gasteiger partial charge in [0.25, 0.3) is 5.91 Å². The molecule has 1 saturated heterocycles. The molecule has 0 aliphatic carbocycles. The maximum atomic E-state index is 12.3. The second-order valence-electron chi connectivity index (χ2n) is 4.32. The van der Waals surface area contributed by atoms with Crippen molar-refractivity contribution in [3.8, 4) is 0 Å². The van der Waals surface area contributed by atoms with Crippen LogP contribution >= 0.6 is 35.3 Å². The first kappa shape index (κ1) is 16.2. The van der Waals surface area contributed by atoms with Crippen LogP contribution in [-0.4, -0.2) is 34.2 Å². The van der Waals surface area contributed by atoms with E-state index in [2.05, 4.69) is 0 Å². The van der Waals surface area contributed by atoms with Crippen LogP contribution in [0, 0.1) is 0 Å². The lowest BCUT2D eigenvalue weighted by Gasteiger charge is -2.13. The van der Waals surface area contributed by atoms with Crippen LogP contribution in [0.5, 0.6) is 0 Å². The first-order valence-corrected chi connectivity index (χ1v) is 8.66. The average molecular weight is 341 g/mol. The molecular weight excluding hydrogens is 326 g/mol. The van der Waals surface area contributed by atoms with Crippen molar-refractivity contribution in [2.45, 2.75) is 19.8 Å². The van der Waals surface area contributed by atoms with Crippen LogP contribution in [-0.2, 0) is 14.3 Å². The van der Waals surface area contributed by atoms with Gasteiger partial charge in [0.15, 0.2) is 0 Å². The van der Waals surface area contributed by atoms with Crippen LogP contribution in [0.1, 0.15) is 24.6 Å². The topological polar surface area (TPSA) is 46.6 Å². The minimum atomic E-state index is -0.298. The van der Waals surface area contributed by atoms with Crippen molar-refractivity contribution in [1.29, 1.82) is 0 Å². The number of thiocarbonyl (C=S) groups is 1. The maximum Gasteiger partial charge on any atom is 0.307 e. The molecule has 1 aliphatic heterocycles. The number of ether oxygens (including phenoxy) is 1. The van der Waals surface area contributed by atoms with Crippen molar-refractivity contribution in [2.24, 2.45) is 0 Å². The third kappa shape index (κ3) is 4.39. The van der Waals surface area contributed by atoms with Gasteiger partial charge in [-0.1, -0.05) is 37.0 Å². The Morgan fingerprint density at radius 2 is 2.33 bits per heavy atom. The van der Waals surface area contributed by atoms with Gasteiger partial charge in [-0.05, 0) is 23.9 Å². The molecule has 2 rings (SSSR count). The van der Waals surface area contributed by atoms with Gasteiger partial charge in [-0.2, -0.15) is 0 Å². The van der Waals surface area contributed by atoms with E-state index in [1.54, 1.807) is 11.3 Å². The number of thiophene rings is 1. The molecule has 7 heteroatoms. The van der Waals surface area contributed by atoms with Gasteiger partial charge in [-0.15, -0.1) is 11.3 Å². The summed E-state index contributed by atoms with van der Waals surface area (Å²) in [5.74, 6) is -0.435. The summed E-state index contributed by atoms with van der Waals surface area (Å²) in [4.78, 5) is 26.8. The summed E-state index contributed by atoms with van der Waals surface area (Å²) >= 11 is 8.05. The maximum absolute atomic E-state index is 12.3. The fourth-order valence-corrected chi connectivity index (χ4v) is 3.72. The van der Waals surface area contributed by atoms with Crippen LogP contribution < -0.4 is 0 Å². The molecule has 1 aliphatic rings. The highest BCUT2D eigenvalue weighted by molar-refractivity contribution is 8.26. The Morgan fingerprint density at radius 1 is 1.52 bits per heavy atom. The zero-order valence-electron chi connectivity index (χ0n) is 11.5. The van der Waals surface area contributed by atoms with Gasteiger partial charge in [0, 0.05) is 11.4 Å². The number of rotatable bonds is 6. The quantitative estimate of drug-likeness (QED) is 0.451. The molecule has 112 valence electrons. The SMILES string of the molecule is CCCOC(=O)CCN1C(=O)/C(=C\c2cccs2)SC1=S. The smallest absolute Gasteiger partial charge is 0.307 e. The highest BCUT2D eigenvalue weighted by Gasteiger charge is 2.32. The Balaban J connectivity index is 1.94. The Hall–Kier alpha value is -1.18. The van der Waals surface area contributed by atoms with E-state index in [9.17, 15) is 9.59 Å². The second kappa shape index (κ2) is 7.72. The zero-order chi connectivity index (χ0) is 15.2. The van der Waals surface area contributed by atoms with E-state index >= 15 is 0 Å². The summed E-state index contributed by atoms with van der Waals surface area (Å²) in [6.45, 7) is 2.62. The first-order valence-electron chi connectivity index (χ1n) is 6.56. The number of carbonyl (C=O) groups excluding carboxylic acids is 2. The molecule has 0 bridgehead atoms. The van der Waals surface area contributed by atoms with Crippen molar-refractivity contribution in [3.05, 3.63) is 27.3 Å². The van der Waals surface area contributed by atoms with E-state index in [1.807, 2.05) is 30.5 Å². The van der Waals surface area contributed by atoms with E-state index in [-0.39, 0.29) is 24.8 Å². The predicted molar refractivity (Wildman–Crippen MR) is 90.1 cm³/mol. The summed E-state index contributed by atoms with van der Waals surface area (Å²) in [6, 6.07) is 3.88. The normalized spacial score (nSPS) is 16.8. The van der Waals surface area contributed by atoms with E-state index in [1.165, 1.54) is 16.7 Å². The van der Waals surface area contributed by atoms with Crippen molar-refractivity contribution in [2.75, 3.05) is 13.2 Å². The minimum Gasteiger partial charge on any atom is -0.466 e. The number of esters is 1. The number of thioether (sulfide) groups is 1. The third-order valence-corrected chi connectivity index (χ3v) is 4.89. The largest absolute Gasteiger partial charge is 0.466 e.